The van der Waals surface area contributed by atoms with E-state index in [0.717, 1.165) is 6.07 Å². The highest BCUT2D eigenvalue weighted by molar-refractivity contribution is 6.30. The van der Waals surface area contributed by atoms with E-state index in [0.29, 0.717) is 29.6 Å². The minimum absolute atomic E-state index is 0.175. The van der Waals surface area contributed by atoms with Gasteiger partial charge in [0.05, 0.1) is 10.9 Å². The zero-order valence-electron chi connectivity index (χ0n) is 15.4. The molecule has 2 atom stereocenters. The lowest BCUT2D eigenvalue weighted by Gasteiger charge is -2.15. The van der Waals surface area contributed by atoms with Crippen molar-refractivity contribution >= 4 is 23.5 Å². The maximum Gasteiger partial charge on any atom is 0.309 e. The van der Waals surface area contributed by atoms with Gasteiger partial charge < -0.3 is 20.5 Å². The molecule has 30 heavy (non-hydrogen) atoms. The number of rotatable bonds is 5. The Morgan fingerprint density at radius 2 is 2.00 bits per heavy atom. The number of nitrogens with zero attached hydrogens (tertiary/aromatic N) is 5. The third-order valence-corrected chi connectivity index (χ3v) is 4.83. The molecular weight excluding hydrogens is 415 g/mol. The van der Waals surface area contributed by atoms with Crippen LogP contribution in [0.15, 0.2) is 42.9 Å². The van der Waals surface area contributed by atoms with Gasteiger partial charge in [-0.1, -0.05) is 11.6 Å². The average Bonchev–Trinajstić information content (AvgIpc) is 3.13. The van der Waals surface area contributed by atoms with E-state index in [9.17, 15) is 14.3 Å². The van der Waals surface area contributed by atoms with Gasteiger partial charge in [-0.25, -0.2) is 19.3 Å². The molecule has 2 unspecified atom stereocenters. The Kier molecular flexibility index (Phi) is 5.42. The van der Waals surface area contributed by atoms with Crippen molar-refractivity contribution in [1.29, 1.82) is 0 Å². The monoisotopic (exact) mass is 430 g/mol. The van der Waals surface area contributed by atoms with Gasteiger partial charge in [-0.2, -0.15) is 4.98 Å². The molecule has 3 aromatic rings. The predicted octanol–water partition coefficient (Wildman–Crippen LogP) is 2.37. The molecule has 4 rings (SSSR count). The molecule has 0 aliphatic carbocycles. The number of anilines is 1. The van der Waals surface area contributed by atoms with Crippen molar-refractivity contribution in [3.05, 3.63) is 53.7 Å². The van der Waals surface area contributed by atoms with Crippen LogP contribution in [0, 0.1) is 11.7 Å². The first-order chi connectivity index (χ1) is 14.4. The van der Waals surface area contributed by atoms with Crippen LogP contribution in [0.5, 0.6) is 11.6 Å². The van der Waals surface area contributed by atoms with Crippen LogP contribution in [0.2, 0.25) is 5.02 Å². The van der Waals surface area contributed by atoms with E-state index in [2.05, 4.69) is 19.9 Å². The fourth-order valence-corrected chi connectivity index (χ4v) is 3.24. The molecule has 1 saturated heterocycles. The summed E-state index contributed by atoms with van der Waals surface area (Å²) in [6, 6.07) is 7.28. The summed E-state index contributed by atoms with van der Waals surface area (Å²) in [6.07, 6.45) is 2.65. The van der Waals surface area contributed by atoms with Crippen LogP contribution in [-0.2, 0) is 4.79 Å². The summed E-state index contributed by atoms with van der Waals surface area (Å²) in [4.78, 5) is 29.5. The lowest BCUT2D eigenvalue weighted by atomic mass is 10.1. The van der Waals surface area contributed by atoms with Gasteiger partial charge in [0.25, 0.3) is 5.88 Å². The number of carboxylic acids is 1. The quantitative estimate of drug-likeness (QED) is 0.626. The van der Waals surface area contributed by atoms with E-state index in [-0.39, 0.29) is 17.4 Å². The number of carboxylic acid groups (broad SMARTS) is 1. The topological polar surface area (TPSA) is 127 Å². The Labute approximate surface area is 175 Å². The summed E-state index contributed by atoms with van der Waals surface area (Å²) in [5, 5.41) is 9.41. The molecule has 154 valence electrons. The molecule has 11 heteroatoms. The molecule has 0 radical (unpaired) electrons. The molecule has 9 nitrogen and oxygen atoms in total. The van der Waals surface area contributed by atoms with Crippen LogP contribution in [-0.4, -0.2) is 50.1 Å². The summed E-state index contributed by atoms with van der Waals surface area (Å²) in [6.45, 7) is 0.569. The van der Waals surface area contributed by atoms with Crippen LogP contribution in [0.1, 0.15) is 0 Å². The van der Waals surface area contributed by atoms with Crippen molar-refractivity contribution in [2.24, 2.45) is 11.7 Å². The Bertz CT molecular complexity index is 1080. The molecule has 1 aliphatic rings. The second-order valence-corrected chi connectivity index (χ2v) is 7.13. The molecule has 1 aromatic carbocycles. The van der Waals surface area contributed by atoms with Gasteiger partial charge in [-0.3, -0.25) is 4.79 Å². The number of ether oxygens (including phenoxy) is 1. The number of benzene rings is 1. The molecule has 0 amide bonds. The predicted molar refractivity (Wildman–Crippen MR) is 106 cm³/mol. The van der Waals surface area contributed by atoms with Gasteiger partial charge in [0.2, 0.25) is 5.95 Å². The zero-order valence-corrected chi connectivity index (χ0v) is 16.2. The van der Waals surface area contributed by atoms with Gasteiger partial charge in [0.15, 0.2) is 11.6 Å². The minimum Gasteiger partial charge on any atom is -0.481 e. The van der Waals surface area contributed by atoms with Crippen LogP contribution in [0.3, 0.4) is 0 Å². The number of hydrogen-bond acceptors (Lipinski definition) is 8. The second kappa shape index (κ2) is 8.17. The molecule has 3 heterocycles. The van der Waals surface area contributed by atoms with Gasteiger partial charge in [-0.15, -0.1) is 0 Å². The van der Waals surface area contributed by atoms with Crippen molar-refractivity contribution in [2.45, 2.75) is 6.04 Å². The summed E-state index contributed by atoms with van der Waals surface area (Å²) in [7, 11) is 0. The number of pyridine rings is 1. The fourth-order valence-electron chi connectivity index (χ4n) is 3.09. The molecule has 0 bridgehead atoms. The van der Waals surface area contributed by atoms with Crippen molar-refractivity contribution in [1.82, 2.24) is 19.9 Å². The van der Waals surface area contributed by atoms with Gasteiger partial charge >= 0.3 is 5.97 Å². The highest BCUT2D eigenvalue weighted by Gasteiger charge is 2.36. The molecular formula is C19H16ClFN6O3. The number of halogens is 2. The molecule has 2 aromatic heterocycles. The molecule has 0 spiro atoms. The number of hydrogen-bond donors (Lipinski definition) is 2. The van der Waals surface area contributed by atoms with E-state index in [4.69, 9.17) is 22.1 Å². The van der Waals surface area contributed by atoms with E-state index < -0.39 is 23.7 Å². The molecule has 0 saturated carbocycles. The van der Waals surface area contributed by atoms with Crippen molar-refractivity contribution < 1.29 is 19.0 Å². The molecule has 3 N–H and O–H groups in total. The maximum absolute atomic E-state index is 13.8. The first-order valence-corrected chi connectivity index (χ1v) is 9.30. The summed E-state index contributed by atoms with van der Waals surface area (Å²) >= 11 is 5.68. The highest BCUT2D eigenvalue weighted by Crippen LogP contribution is 2.27. The summed E-state index contributed by atoms with van der Waals surface area (Å²) in [5.41, 5.74) is 6.58. The lowest BCUT2D eigenvalue weighted by Crippen LogP contribution is -2.33. The summed E-state index contributed by atoms with van der Waals surface area (Å²) in [5.74, 6) is -1.35. The first kappa shape index (κ1) is 19.9. The smallest absolute Gasteiger partial charge is 0.309 e. The lowest BCUT2D eigenvalue weighted by molar-refractivity contribution is -0.141. The highest BCUT2D eigenvalue weighted by atomic mass is 35.5. The SMILES string of the molecule is NC1CN(c2ncnc(-c3ccc(Oc4ncc(Cl)cc4F)cc3)n2)CC1C(=O)O. The maximum atomic E-state index is 13.8. The Morgan fingerprint density at radius 1 is 1.23 bits per heavy atom. The van der Waals surface area contributed by atoms with E-state index in [1.165, 1.54) is 12.5 Å². The number of aliphatic carboxylic acids is 1. The average molecular weight is 431 g/mol. The number of carbonyl (C=O) groups is 1. The largest absolute Gasteiger partial charge is 0.481 e. The normalized spacial score (nSPS) is 18.4. The molecule has 1 aliphatic heterocycles. The third kappa shape index (κ3) is 4.14. The minimum atomic E-state index is -0.943. The Morgan fingerprint density at radius 3 is 2.67 bits per heavy atom. The zero-order chi connectivity index (χ0) is 21.3. The standard InChI is InChI=1S/C19H16ClFN6O3/c20-11-5-14(21)17(23-6-11)30-12-3-1-10(2-4-12)16-24-9-25-19(26-16)27-7-13(18(28)29)15(22)8-27/h1-6,9,13,15H,7-8,22H2,(H,28,29). The number of nitrogens with two attached hydrogens (primary N) is 1. The van der Waals surface area contributed by atoms with Crippen LogP contribution < -0.4 is 15.4 Å². The van der Waals surface area contributed by atoms with E-state index >= 15 is 0 Å². The van der Waals surface area contributed by atoms with Crippen molar-refractivity contribution in [2.75, 3.05) is 18.0 Å². The van der Waals surface area contributed by atoms with Crippen molar-refractivity contribution in [3.8, 4) is 23.0 Å². The third-order valence-electron chi connectivity index (χ3n) is 4.63. The Balaban J connectivity index is 1.51. The van der Waals surface area contributed by atoms with Crippen molar-refractivity contribution in [3.63, 3.8) is 0 Å². The summed E-state index contributed by atoms with van der Waals surface area (Å²) < 4.78 is 19.3. The Hall–Kier alpha value is -3.37. The van der Waals surface area contributed by atoms with Crippen LogP contribution in [0.25, 0.3) is 11.4 Å². The van der Waals surface area contributed by atoms with Crippen LogP contribution >= 0.6 is 11.6 Å². The van der Waals surface area contributed by atoms with Crippen LogP contribution in [0.4, 0.5) is 10.3 Å². The van der Waals surface area contributed by atoms with Gasteiger partial charge in [-0.05, 0) is 30.3 Å². The number of aromatic nitrogens is 4. The van der Waals surface area contributed by atoms with E-state index in [1.807, 2.05) is 0 Å². The first-order valence-electron chi connectivity index (χ1n) is 8.92. The molecule has 1 fully saturated rings. The second-order valence-electron chi connectivity index (χ2n) is 6.69. The fraction of sp³-hybridized carbons (Fsp3) is 0.211. The van der Waals surface area contributed by atoms with E-state index in [1.54, 1.807) is 29.2 Å². The van der Waals surface area contributed by atoms with Gasteiger partial charge in [0.1, 0.15) is 12.1 Å². The van der Waals surface area contributed by atoms with Gasteiger partial charge in [0, 0.05) is 30.9 Å².